The highest BCUT2D eigenvalue weighted by molar-refractivity contribution is 14.0. The monoisotopic (exact) mass is 484 g/mol. The Bertz CT molecular complexity index is 628. The predicted molar refractivity (Wildman–Crippen MR) is 121 cm³/mol. The van der Waals surface area contributed by atoms with Gasteiger partial charge in [0, 0.05) is 38.0 Å². The van der Waals surface area contributed by atoms with Crippen LogP contribution < -0.4 is 10.6 Å². The molecule has 1 atom stereocenters. The number of nitrogens with one attached hydrogen (secondary N) is 2. The van der Waals surface area contributed by atoms with Crippen LogP contribution in [0, 0.1) is 12.8 Å². The molecule has 6 heteroatoms. The summed E-state index contributed by atoms with van der Waals surface area (Å²) < 4.78 is 0. The van der Waals surface area contributed by atoms with Gasteiger partial charge in [-0.2, -0.15) is 0 Å². The summed E-state index contributed by atoms with van der Waals surface area (Å²) in [5.74, 6) is 1.58. The Labute approximate surface area is 180 Å². The van der Waals surface area contributed by atoms with E-state index >= 15 is 0 Å². The molecule has 0 aromatic heterocycles. The normalized spacial score (nSPS) is 19.8. The molecule has 27 heavy (non-hydrogen) atoms. The Kier molecular flexibility index (Phi) is 8.86. The highest BCUT2D eigenvalue weighted by atomic mass is 127. The number of amides is 1. The van der Waals surface area contributed by atoms with E-state index in [1.165, 1.54) is 24.0 Å². The van der Waals surface area contributed by atoms with E-state index in [0.717, 1.165) is 38.4 Å². The zero-order chi connectivity index (χ0) is 18.4. The summed E-state index contributed by atoms with van der Waals surface area (Å²) in [7, 11) is 0. The SMILES string of the molecule is CCCCNC(=NCc1ccc(C)cc1)NCC1CC(=O)N(C2CC2)C1.I. The Hall–Kier alpha value is -1.31. The number of carbonyl (C=O) groups is 1. The molecule has 1 aromatic carbocycles. The quantitative estimate of drug-likeness (QED) is 0.257. The van der Waals surface area contributed by atoms with Gasteiger partial charge >= 0.3 is 0 Å². The van der Waals surface area contributed by atoms with Crippen molar-refractivity contribution in [1.29, 1.82) is 0 Å². The topological polar surface area (TPSA) is 56.7 Å². The number of carbonyl (C=O) groups excluding carboxylic acids is 1. The van der Waals surface area contributed by atoms with E-state index in [0.29, 0.717) is 30.8 Å². The number of benzene rings is 1. The molecule has 1 saturated carbocycles. The number of hydrogen-bond acceptors (Lipinski definition) is 2. The van der Waals surface area contributed by atoms with Crippen molar-refractivity contribution in [3.8, 4) is 0 Å². The average Bonchev–Trinajstić information content (AvgIpc) is 3.41. The smallest absolute Gasteiger partial charge is 0.223 e. The summed E-state index contributed by atoms with van der Waals surface area (Å²) in [4.78, 5) is 18.9. The van der Waals surface area contributed by atoms with Gasteiger partial charge in [-0.1, -0.05) is 43.2 Å². The Morgan fingerprint density at radius 2 is 1.96 bits per heavy atom. The minimum absolute atomic E-state index is 0. The number of hydrogen-bond donors (Lipinski definition) is 2. The van der Waals surface area contributed by atoms with Crippen LogP contribution in [0.4, 0.5) is 0 Å². The third-order valence-corrected chi connectivity index (χ3v) is 5.15. The fourth-order valence-corrected chi connectivity index (χ4v) is 3.35. The molecule has 1 amide bonds. The number of aliphatic imine (C=N–C) groups is 1. The molecule has 1 unspecified atom stereocenters. The first-order valence-corrected chi connectivity index (χ1v) is 10.0. The lowest BCUT2D eigenvalue weighted by Gasteiger charge is -2.17. The zero-order valence-corrected chi connectivity index (χ0v) is 18.9. The highest BCUT2D eigenvalue weighted by Crippen LogP contribution is 2.32. The van der Waals surface area contributed by atoms with Crippen LogP contribution >= 0.6 is 24.0 Å². The summed E-state index contributed by atoms with van der Waals surface area (Å²) >= 11 is 0. The molecule has 3 rings (SSSR count). The molecule has 2 fully saturated rings. The van der Waals surface area contributed by atoms with E-state index in [1.807, 2.05) is 0 Å². The molecule has 0 bridgehead atoms. The maximum atomic E-state index is 12.1. The predicted octanol–water partition coefficient (Wildman–Crippen LogP) is 3.46. The maximum absolute atomic E-state index is 12.1. The van der Waals surface area contributed by atoms with Gasteiger partial charge in [-0.05, 0) is 31.7 Å². The van der Waals surface area contributed by atoms with E-state index in [1.54, 1.807) is 0 Å². The number of halogens is 1. The second kappa shape index (κ2) is 10.9. The molecule has 5 nitrogen and oxygen atoms in total. The van der Waals surface area contributed by atoms with Crippen LogP contribution in [0.2, 0.25) is 0 Å². The van der Waals surface area contributed by atoms with Crippen molar-refractivity contribution < 1.29 is 4.79 Å². The van der Waals surface area contributed by atoms with E-state index in [4.69, 9.17) is 4.99 Å². The zero-order valence-electron chi connectivity index (χ0n) is 16.5. The summed E-state index contributed by atoms with van der Waals surface area (Å²) in [5, 5.41) is 6.89. The van der Waals surface area contributed by atoms with E-state index < -0.39 is 0 Å². The minimum Gasteiger partial charge on any atom is -0.356 e. The van der Waals surface area contributed by atoms with Crippen LogP contribution in [-0.4, -0.2) is 42.4 Å². The van der Waals surface area contributed by atoms with Crippen LogP contribution in [0.25, 0.3) is 0 Å². The molecule has 1 heterocycles. The Morgan fingerprint density at radius 3 is 2.63 bits per heavy atom. The summed E-state index contributed by atoms with van der Waals surface area (Å²) in [6.45, 7) is 7.58. The van der Waals surface area contributed by atoms with Crippen molar-refractivity contribution in [1.82, 2.24) is 15.5 Å². The number of guanidine groups is 1. The summed E-state index contributed by atoms with van der Waals surface area (Å²) in [6, 6.07) is 9.04. The van der Waals surface area contributed by atoms with Gasteiger partial charge in [0.15, 0.2) is 5.96 Å². The molecule has 0 spiro atoms. The molecule has 150 valence electrons. The third-order valence-electron chi connectivity index (χ3n) is 5.15. The summed E-state index contributed by atoms with van der Waals surface area (Å²) in [5.41, 5.74) is 2.48. The maximum Gasteiger partial charge on any atom is 0.223 e. The van der Waals surface area contributed by atoms with Crippen LogP contribution in [0.15, 0.2) is 29.3 Å². The molecular formula is C21H33IN4O. The van der Waals surface area contributed by atoms with Crippen molar-refractivity contribution in [3.05, 3.63) is 35.4 Å². The van der Waals surface area contributed by atoms with Gasteiger partial charge in [0.2, 0.25) is 5.91 Å². The van der Waals surface area contributed by atoms with Gasteiger partial charge in [0.1, 0.15) is 0 Å². The van der Waals surface area contributed by atoms with E-state index in [2.05, 4.69) is 53.6 Å². The van der Waals surface area contributed by atoms with E-state index in [-0.39, 0.29) is 24.0 Å². The van der Waals surface area contributed by atoms with Crippen LogP contribution in [0.5, 0.6) is 0 Å². The minimum atomic E-state index is 0. The molecule has 2 aliphatic rings. The Morgan fingerprint density at radius 1 is 1.22 bits per heavy atom. The second-order valence-electron chi connectivity index (χ2n) is 7.66. The van der Waals surface area contributed by atoms with Crippen LogP contribution in [0.3, 0.4) is 0 Å². The fraction of sp³-hybridized carbons (Fsp3) is 0.619. The third kappa shape index (κ3) is 6.97. The average molecular weight is 484 g/mol. The first-order chi connectivity index (χ1) is 12.7. The fourth-order valence-electron chi connectivity index (χ4n) is 3.35. The molecule has 2 N–H and O–H groups in total. The highest BCUT2D eigenvalue weighted by Gasteiger charge is 2.39. The number of rotatable bonds is 8. The van der Waals surface area contributed by atoms with Crippen molar-refractivity contribution in [2.45, 2.75) is 58.5 Å². The lowest BCUT2D eigenvalue weighted by atomic mass is 10.1. The molecule has 1 aliphatic carbocycles. The van der Waals surface area contributed by atoms with Gasteiger partial charge in [0.25, 0.3) is 0 Å². The summed E-state index contributed by atoms with van der Waals surface area (Å²) in [6.07, 6.45) is 5.33. The number of nitrogens with zero attached hydrogens (tertiary/aromatic N) is 2. The first kappa shape index (κ1) is 22.0. The van der Waals surface area contributed by atoms with Crippen molar-refractivity contribution >= 4 is 35.8 Å². The Balaban J connectivity index is 0.00000261. The van der Waals surface area contributed by atoms with Gasteiger partial charge in [-0.3, -0.25) is 4.79 Å². The van der Waals surface area contributed by atoms with Crippen molar-refractivity contribution in [2.24, 2.45) is 10.9 Å². The lowest BCUT2D eigenvalue weighted by Crippen LogP contribution is -2.40. The van der Waals surface area contributed by atoms with Gasteiger partial charge in [-0.25, -0.2) is 4.99 Å². The second-order valence-corrected chi connectivity index (χ2v) is 7.66. The van der Waals surface area contributed by atoms with Crippen LogP contribution in [0.1, 0.15) is 50.2 Å². The number of unbranched alkanes of at least 4 members (excludes halogenated alkanes) is 1. The first-order valence-electron chi connectivity index (χ1n) is 10.0. The van der Waals surface area contributed by atoms with Crippen molar-refractivity contribution in [3.63, 3.8) is 0 Å². The molecule has 1 aliphatic heterocycles. The van der Waals surface area contributed by atoms with Crippen LogP contribution in [-0.2, 0) is 11.3 Å². The van der Waals surface area contributed by atoms with Crippen molar-refractivity contribution in [2.75, 3.05) is 19.6 Å². The largest absolute Gasteiger partial charge is 0.356 e. The standard InChI is InChI=1S/C21H32N4O.HI/c1-3-4-11-22-21(23-13-17-7-5-16(2)6-8-17)24-14-18-12-20(26)25(15-18)19-9-10-19;/h5-8,18-19H,3-4,9-15H2,1-2H3,(H2,22,23,24);1H. The van der Waals surface area contributed by atoms with Gasteiger partial charge < -0.3 is 15.5 Å². The number of aryl methyl sites for hydroxylation is 1. The van der Waals surface area contributed by atoms with Gasteiger partial charge in [-0.15, -0.1) is 24.0 Å². The van der Waals surface area contributed by atoms with E-state index in [9.17, 15) is 4.79 Å². The molecule has 0 radical (unpaired) electrons. The van der Waals surface area contributed by atoms with Gasteiger partial charge in [0.05, 0.1) is 6.54 Å². The molecular weight excluding hydrogens is 451 g/mol. The molecule has 1 aromatic rings. The molecule has 1 saturated heterocycles. The number of likely N-dealkylation sites (tertiary alicyclic amines) is 1. The lowest BCUT2D eigenvalue weighted by molar-refractivity contribution is -0.128.